The molecule has 0 atom stereocenters. The molecule has 116 valence electrons. The van der Waals surface area contributed by atoms with Crippen LogP contribution in [-0.2, 0) is 6.54 Å². The Balaban J connectivity index is 2.04. The lowest BCUT2D eigenvalue weighted by atomic mass is 9.97. The molecule has 0 aliphatic heterocycles. The highest BCUT2D eigenvalue weighted by Gasteiger charge is 2.10. The van der Waals surface area contributed by atoms with Crippen molar-refractivity contribution in [2.24, 2.45) is 5.41 Å². The molecule has 1 aromatic carbocycles. The molecule has 2 aromatic rings. The van der Waals surface area contributed by atoms with E-state index in [-0.39, 0.29) is 5.41 Å². The first-order chi connectivity index (χ1) is 10.4. The van der Waals surface area contributed by atoms with Crippen LogP contribution in [0, 0.1) is 10.6 Å². The van der Waals surface area contributed by atoms with Crippen molar-refractivity contribution < 1.29 is 4.74 Å². The van der Waals surface area contributed by atoms with E-state index in [1.54, 1.807) is 0 Å². The van der Waals surface area contributed by atoms with E-state index >= 15 is 0 Å². The maximum Gasteiger partial charge on any atom is 0.200 e. The Morgan fingerprint density at radius 1 is 1.09 bits per heavy atom. The summed E-state index contributed by atoms with van der Waals surface area (Å²) in [6.07, 6.45) is 1.52. The van der Waals surface area contributed by atoms with Gasteiger partial charge in [-0.05, 0) is 17.5 Å². The maximum absolute atomic E-state index is 12.0. The fraction of sp³-hybridized carbons (Fsp3) is 0.333. The Hall–Kier alpha value is -2.36. The highest BCUT2D eigenvalue weighted by atomic mass is 16.5. The lowest BCUT2D eigenvalue weighted by molar-refractivity contribution is -0.469. The van der Waals surface area contributed by atoms with Gasteiger partial charge in [-0.2, -0.15) is 0 Å². The van der Waals surface area contributed by atoms with Crippen molar-refractivity contribution >= 4 is 12.0 Å². The van der Waals surface area contributed by atoms with Gasteiger partial charge in [0.25, 0.3) is 0 Å². The largest absolute Gasteiger partial charge is 0.623 e. The van der Waals surface area contributed by atoms with E-state index in [1.165, 1.54) is 6.21 Å². The molecule has 4 heteroatoms. The minimum absolute atomic E-state index is 0.180. The Kier molecular flexibility index (Phi) is 5.15. The number of nitrogens with zero attached hydrogens (tertiary/aromatic N) is 2. The van der Waals surface area contributed by atoms with E-state index in [2.05, 4.69) is 31.1 Å². The number of benzene rings is 1. The van der Waals surface area contributed by atoms with Crippen molar-refractivity contribution in [1.29, 1.82) is 0 Å². The Labute approximate surface area is 132 Å². The summed E-state index contributed by atoms with van der Waals surface area (Å²) in [5.74, 6) is 0.789. The van der Waals surface area contributed by atoms with Crippen LogP contribution in [0.25, 0.3) is 0 Å². The van der Waals surface area contributed by atoms with Crippen LogP contribution in [0.4, 0.5) is 5.82 Å². The summed E-state index contributed by atoms with van der Waals surface area (Å²) in [4.78, 5) is 4.45. The van der Waals surface area contributed by atoms with Gasteiger partial charge in [0.05, 0.1) is 0 Å². The molecular formula is C18H23N3O. The third-order valence-electron chi connectivity index (χ3n) is 3.03. The number of aromatic nitrogens is 1. The molecule has 0 spiro atoms. The zero-order valence-corrected chi connectivity index (χ0v) is 13.4. The van der Waals surface area contributed by atoms with Crippen LogP contribution in [0.3, 0.4) is 0 Å². The molecule has 0 bridgehead atoms. The molecule has 0 saturated heterocycles. The monoisotopic (exact) mass is 297 g/mol. The smallest absolute Gasteiger partial charge is 0.200 e. The van der Waals surface area contributed by atoms with Crippen molar-refractivity contribution in [2.45, 2.75) is 27.3 Å². The summed E-state index contributed by atoms with van der Waals surface area (Å²) in [6.45, 7) is 7.64. The van der Waals surface area contributed by atoms with Gasteiger partial charge in [-0.25, -0.2) is 9.72 Å². The molecule has 0 radical (unpaired) electrons. The molecule has 0 aliphatic carbocycles. The molecular weight excluding hydrogens is 274 g/mol. The quantitative estimate of drug-likeness (QED) is 0.396. The first-order valence-electron chi connectivity index (χ1n) is 7.46. The van der Waals surface area contributed by atoms with Gasteiger partial charge in [-0.1, -0.05) is 57.2 Å². The average Bonchev–Trinajstić information content (AvgIpc) is 2.46. The topological polar surface area (TPSA) is 51.0 Å². The molecule has 1 heterocycles. The van der Waals surface area contributed by atoms with Crippen LogP contribution in [0.15, 0.2) is 48.5 Å². The summed E-state index contributed by atoms with van der Waals surface area (Å²) in [6, 6.07) is 15.3. The Bertz CT molecular complexity index is 630. The number of pyridine rings is 1. The van der Waals surface area contributed by atoms with Gasteiger partial charge in [0, 0.05) is 12.1 Å². The highest BCUT2D eigenvalue weighted by Crippen LogP contribution is 2.14. The van der Waals surface area contributed by atoms with Crippen LogP contribution < -0.4 is 5.32 Å². The van der Waals surface area contributed by atoms with Crippen LogP contribution >= 0.6 is 0 Å². The fourth-order valence-electron chi connectivity index (χ4n) is 1.93. The zero-order chi connectivity index (χ0) is 16.0. The summed E-state index contributed by atoms with van der Waals surface area (Å²) in [5.41, 5.74) is 1.82. The van der Waals surface area contributed by atoms with E-state index in [1.807, 2.05) is 48.5 Å². The number of anilines is 1. The average molecular weight is 297 g/mol. The minimum Gasteiger partial charge on any atom is -0.623 e. The number of nitrogens with one attached hydrogen (secondary N) is 1. The van der Waals surface area contributed by atoms with Crippen molar-refractivity contribution in [1.82, 2.24) is 4.98 Å². The zero-order valence-electron chi connectivity index (χ0n) is 13.4. The molecule has 1 N–H and O–H groups in total. The molecule has 22 heavy (non-hydrogen) atoms. The number of rotatable bonds is 5. The van der Waals surface area contributed by atoms with E-state index in [9.17, 15) is 5.21 Å². The third-order valence-corrected chi connectivity index (χ3v) is 3.03. The normalized spacial score (nSPS) is 12.2. The van der Waals surface area contributed by atoms with Crippen molar-refractivity contribution in [3.63, 3.8) is 0 Å². The Morgan fingerprint density at radius 2 is 1.82 bits per heavy atom. The maximum atomic E-state index is 12.0. The van der Waals surface area contributed by atoms with Gasteiger partial charge in [0.2, 0.25) is 6.21 Å². The molecule has 0 aliphatic rings. The summed E-state index contributed by atoms with van der Waals surface area (Å²) < 4.78 is 0.908. The number of hydrogen-bond donors (Lipinski definition) is 1. The van der Waals surface area contributed by atoms with Gasteiger partial charge in [0.1, 0.15) is 11.5 Å². The van der Waals surface area contributed by atoms with Gasteiger partial charge in [-0.3, -0.25) is 0 Å². The summed E-state index contributed by atoms with van der Waals surface area (Å²) >= 11 is 0. The second-order valence-corrected chi connectivity index (χ2v) is 6.55. The van der Waals surface area contributed by atoms with Crippen LogP contribution in [-0.4, -0.2) is 22.5 Å². The molecule has 0 amide bonds. The lowest BCUT2D eigenvalue weighted by Crippen LogP contribution is -2.19. The van der Waals surface area contributed by atoms with Crippen LogP contribution in [0.1, 0.15) is 32.0 Å². The van der Waals surface area contributed by atoms with Crippen molar-refractivity contribution in [3.05, 3.63) is 65.0 Å². The van der Waals surface area contributed by atoms with Gasteiger partial charge in [-0.15, -0.1) is 0 Å². The van der Waals surface area contributed by atoms with E-state index in [4.69, 9.17) is 0 Å². The van der Waals surface area contributed by atoms with Gasteiger partial charge >= 0.3 is 0 Å². The van der Waals surface area contributed by atoms with Crippen LogP contribution in [0.2, 0.25) is 0 Å². The fourth-order valence-corrected chi connectivity index (χ4v) is 1.93. The molecule has 2 rings (SSSR count). The molecule has 4 nitrogen and oxygen atoms in total. The highest BCUT2D eigenvalue weighted by molar-refractivity contribution is 5.73. The van der Waals surface area contributed by atoms with E-state index < -0.39 is 0 Å². The molecule has 1 aromatic heterocycles. The lowest BCUT2D eigenvalue weighted by Gasteiger charge is -2.19. The standard InChI is InChI=1S/C18H23N3O/c1-18(2,3)14-19-17-11-7-10-16(20-17)13-21(22)12-15-8-5-4-6-9-15/h4-11,13H,12,14H2,1-3H3,(H,19,20). The number of hydroxylamine groups is 1. The van der Waals surface area contributed by atoms with Crippen molar-refractivity contribution in [3.8, 4) is 0 Å². The van der Waals surface area contributed by atoms with Gasteiger partial charge < -0.3 is 10.5 Å². The Morgan fingerprint density at radius 3 is 2.50 bits per heavy atom. The van der Waals surface area contributed by atoms with E-state index in [0.717, 1.165) is 22.7 Å². The molecule has 0 unspecified atom stereocenters. The summed E-state index contributed by atoms with van der Waals surface area (Å²) in [7, 11) is 0. The summed E-state index contributed by atoms with van der Waals surface area (Å²) in [5, 5.41) is 15.3. The third kappa shape index (κ3) is 5.56. The minimum atomic E-state index is 0.180. The first-order valence-corrected chi connectivity index (χ1v) is 7.46. The van der Waals surface area contributed by atoms with Crippen molar-refractivity contribution in [2.75, 3.05) is 11.9 Å². The number of hydrogen-bond acceptors (Lipinski definition) is 3. The second-order valence-electron chi connectivity index (χ2n) is 6.55. The van der Waals surface area contributed by atoms with Crippen LogP contribution in [0.5, 0.6) is 0 Å². The molecule has 0 fully saturated rings. The SMILES string of the molecule is CC(C)(C)CNc1cccc(C=[N+]([O-])Cc2ccccc2)n1. The second kappa shape index (κ2) is 7.07. The first kappa shape index (κ1) is 16.0. The predicted octanol–water partition coefficient (Wildman–Crippen LogP) is 3.67. The predicted molar refractivity (Wildman–Crippen MR) is 91.1 cm³/mol. The molecule has 0 saturated carbocycles. The van der Waals surface area contributed by atoms with Gasteiger partial charge in [0.15, 0.2) is 6.54 Å². The van der Waals surface area contributed by atoms with E-state index in [0.29, 0.717) is 12.2 Å².